The Labute approximate surface area is 176 Å². The molecule has 0 aliphatic carbocycles. The molecule has 0 saturated heterocycles. The number of carbonyl (C=O) groups excluding carboxylic acids is 2. The number of para-hydroxylation sites is 1. The van der Waals surface area contributed by atoms with Crippen molar-refractivity contribution in [3.05, 3.63) is 126 Å². The predicted octanol–water partition coefficient (Wildman–Crippen LogP) is 5.77. The number of hydrogen-bond acceptors (Lipinski definition) is 2. The summed E-state index contributed by atoms with van der Waals surface area (Å²) in [6.45, 7) is 0. The minimum atomic E-state index is -0.157. The molecule has 0 atom stereocenters. The molecule has 4 aromatic carbocycles. The second-order valence-electron chi connectivity index (χ2n) is 7.03. The highest BCUT2D eigenvalue weighted by molar-refractivity contribution is 6.13. The Morgan fingerprint density at radius 2 is 1.17 bits per heavy atom. The zero-order valence-electron chi connectivity index (χ0n) is 16.4. The quantitative estimate of drug-likeness (QED) is 0.424. The molecule has 4 aromatic rings. The van der Waals surface area contributed by atoms with Crippen molar-refractivity contribution in [2.24, 2.45) is 0 Å². The second-order valence-corrected chi connectivity index (χ2v) is 7.03. The van der Waals surface area contributed by atoms with Gasteiger partial charge in [0.1, 0.15) is 0 Å². The Morgan fingerprint density at radius 3 is 1.87 bits per heavy atom. The predicted molar refractivity (Wildman–Crippen MR) is 121 cm³/mol. The van der Waals surface area contributed by atoms with Crippen LogP contribution in [0.5, 0.6) is 0 Å². The number of amides is 1. The van der Waals surface area contributed by atoms with Crippen LogP contribution in [-0.4, -0.2) is 11.7 Å². The van der Waals surface area contributed by atoms with Crippen LogP contribution in [0.3, 0.4) is 0 Å². The summed E-state index contributed by atoms with van der Waals surface area (Å²) in [5, 5.41) is 2.90. The van der Waals surface area contributed by atoms with Crippen LogP contribution in [0.2, 0.25) is 0 Å². The number of carbonyl (C=O) groups is 2. The average Bonchev–Trinajstić information content (AvgIpc) is 2.80. The normalized spacial score (nSPS) is 10.4. The van der Waals surface area contributed by atoms with E-state index in [2.05, 4.69) is 17.4 Å². The molecule has 1 N–H and O–H groups in total. The molecule has 30 heavy (non-hydrogen) atoms. The minimum Gasteiger partial charge on any atom is -0.325 e. The first kappa shape index (κ1) is 19.3. The molecule has 0 bridgehead atoms. The van der Waals surface area contributed by atoms with Crippen LogP contribution in [-0.2, 0) is 11.2 Å². The summed E-state index contributed by atoms with van der Waals surface area (Å²) in [5.41, 5.74) is 4.77. The highest BCUT2D eigenvalue weighted by Gasteiger charge is 2.15. The Morgan fingerprint density at radius 1 is 0.600 bits per heavy atom. The van der Waals surface area contributed by atoms with Crippen molar-refractivity contribution < 1.29 is 9.59 Å². The maximum Gasteiger partial charge on any atom is 0.228 e. The molecular formula is C27H21NO2. The molecule has 0 unspecified atom stereocenters. The molecular weight excluding hydrogens is 370 g/mol. The lowest BCUT2D eigenvalue weighted by Crippen LogP contribution is -2.17. The smallest absolute Gasteiger partial charge is 0.228 e. The lowest BCUT2D eigenvalue weighted by molar-refractivity contribution is -0.115. The first-order valence-corrected chi connectivity index (χ1v) is 9.84. The molecule has 0 aromatic heterocycles. The fourth-order valence-corrected chi connectivity index (χ4v) is 3.36. The van der Waals surface area contributed by atoms with E-state index in [0.29, 0.717) is 16.8 Å². The van der Waals surface area contributed by atoms with E-state index in [1.807, 2.05) is 66.7 Å². The first-order valence-electron chi connectivity index (χ1n) is 9.84. The van der Waals surface area contributed by atoms with Gasteiger partial charge in [-0.1, -0.05) is 97.1 Å². The van der Waals surface area contributed by atoms with Gasteiger partial charge in [0.25, 0.3) is 0 Å². The summed E-state index contributed by atoms with van der Waals surface area (Å²) >= 11 is 0. The number of anilines is 1. The summed E-state index contributed by atoms with van der Waals surface area (Å²) in [6, 6.07) is 34.2. The number of nitrogens with one attached hydrogen (secondary N) is 1. The second kappa shape index (κ2) is 9.01. The summed E-state index contributed by atoms with van der Waals surface area (Å²) in [7, 11) is 0. The molecule has 4 rings (SSSR count). The number of benzene rings is 4. The standard InChI is InChI=1S/C27H21NO2/c29-26(19-20-15-17-22(18-16-20)21-9-3-1-4-10-21)28-25-14-8-7-13-24(25)27(30)23-11-5-2-6-12-23/h1-18H,19H2,(H,28,29). The molecule has 0 aliphatic heterocycles. The van der Waals surface area contributed by atoms with Crippen LogP contribution in [0, 0.1) is 0 Å². The van der Waals surface area contributed by atoms with Gasteiger partial charge < -0.3 is 5.32 Å². The van der Waals surface area contributed by atoms with E-state index in [-0.39, 0.29) is 18.1 Å². The lowest BCUT2D eigenvalue weighted by Gasteiger charge is -2.11. The van der Waals surface area contributed by atoms with Gasteiger partial charge in [-0.05, 0) is 28.8 Å². The third kappa shape index (κ3) is 4.53. The van der Waals surface area contributed by atoms with Crippen molar-refractivity contribution >= 4 is 17.4 Å². The van der Waals surface area contributed by atoms with Gasteiger partial charge >= 0.3 is 0 Å². The fraction of sp³-hybridized carbons (Fsp3) is 0.0370. The summed E-state index contributed by atoms with van der Waals surface area (Å²) in [6.07, 6.45) is 0.239. The van der Waals surface area contributed by atoms with E-state index in [0.717, 1.165) is 16.7 Å². The van der Waals surface area contributed by atoms with Gasteiger partial charge in [0.15, 0.2) is 5.78 Å². The monoisotopic (exact) mass is 391 g/mol. The minimum absolute atomic E-state index is 0.112. The Balaban J connectivity index is 1.47. The lowest BCUT2D eigenvalue weighted by atomic mass is 10.0. The summed E-state index contributed by atoms with van der Waals surface area (Å²) in [4.78, 5) is 25.5. The van der Waals surface area contributed by atoms with Crippen molar-refractivity contribution in [1.82, 2.24) is 0 Å². The first-order chi connectivity index (χ1) is 14.7. The van der Waals surface area contributed by atoms with Gasteiger partial charge in [-0.25, -0.2) is 0 Å². The Hall–Kier alpha value is -3.98. The van der Waals surface area contributed by atoms with E-state index < -0.39 is 0 Å². The summed E-state index contributed by atoms with van der Waals surface area (Å²) in [5.74, 6) is -0.269. The van der Waals surface area contributed by atoms with Crippen LogP contribution in [0.25, 0.3) is 11.1 Å². The molecule has 3 heteroatoms. The van der Waals surface area contributed by atoms with Crippen LogP contribution in [0.4, 0.5) is 5.69 Å². The SMILES string of the molecule is O=C(Cc1ccc(-c2ccccc2)cc1)Nc1ccccc1C(=O)c1ccccc1. The number of rotatable bonds is 6. The molecule has 0 fully saturated rings. The third-order valence-electron chi connectivity index (χ3n) is 4.91. The Bertz CT molecular complexity index is 1150. The average molecular weight is 391 g/mol. The van der Waals surface area contributed by atoms with Crippen LogP contribution in [0.15, 0.2) is 109 Å². The zero-order chi connectivity index (χ0) is 20.8. The molecule has 0 aliphatic rings. The van der Waals surface area contributed by atoms with E-state index in [1.165, 1.54) is 0 Å². The van der Waals surface area contributed by atoms with Crippen LogP contribution < -0.4 is 5.32 Å². The third-order valence-corrected chi connectivity index (χ3v) is 4.91. The molecule has 0 radical (unpaired) electrons. The van der Waals surface area contributed by atoms with Crippen molar-refractivity contribution in [3.63, 3.8) is 0 Å². The highest BCUT2D eigenvalue weighted by atomic mass is 16.1. The van der Waals surface area contributed by atoms with Gasteiger partial charge in [-0.3, -0.25) is 9.59 Å². The Kier molecular flexibility index (Phi) is 5.81. The molecule has 3 nitrogen and oxygen atoms in total. The van der Waals surface area contributed by atoms with Gasteiger partial charge in [0, 0.05) is 11.1 Å². The molecule has 146 valence electrons. The van der Waals surface area contributed by atoms with Gasteiger partial charge in [0.05, 0.1) is 12.1 Å². The van der Waals surface area contributed by atoms with E-state index in [9.17, 15) is 9.59 Å². The number of hydrogen-bond donors (Lipinski definition) is 1. The maximum atomic E-state index is 12.8. The van der Waals surface area contributed by atoms with Crippen molar-refractivity contribution in [1.29, 1.82) is 0 Å². The topological polar surface area (TPSA) is 46.2 Å². The van der Waals surface area contributed by atoms with Gasteiger partial charge in [0.2, 0.25) is 5.91 Å². The van der Waals surface area contributed by atoms with Gasteiger partial charge in [-0.2, -0.15) is 0 Å². The maximum absolute atomic E-state index is 12.8. The van der Waals surface area contributed by atoms with E-state index in [4.69, 9.17) is 0 Å². The molecule has 0 saturated carbocycles. The zero-order valence-corrected chi connectivity index (χ0v) is 16.4. The summed E-state index contributed by atoms with van der Waals surface area (Å²) < 4.78 is 0. The highest BCUT2D eigenvalue weighted by Crippen LogP contribution is 2.21. The largest absolute Gasteiger partial charge is 0.325 e. The van der Waals surface area contributed by atoms with Crippen molar-refractivity contribution in [2.45, 2.75) is 6.42 Å². The van der Waals surface area contributed by atoms with E-state index in [1.54, 1.807) is 30.3 Å². The number of ketones is 1. The van der Waals surface area contributed by atoms with E-state index >= 15 is 0 Å². The molecule has 0 heterocycles. The van der Waals surface area contributed by atoms with Crippen molar-refractivity contribution in [3.8, 4) is 11.1 Å². The van der Waals surface area contributed by atoms with Crippen LogP contribution >= 0.6 is 0 Å². The molecule has 1 amide bonds. The fourth-order valence-electron chi connectivity index (χ4n) is 3.36. The molecule has 0 spiro atoms. The van der Waals surface area contributed by atoms with Crippen LogP contribution in [0.1, 0.15) is 21.5 Å². The van der Waals surface area contributed by atoms with Gasteiger partial charge in [-0.15, -0.1) is 0 Å². The van der Waals surface area contributed by atoms with Crippen molar-refractivity contribution in [2.75, 3.05) is 5.32 Å².